The topological polar surface area (TPSA) is 12.0 Å². The molecule has 0 aliphatic rings. The van der Waals surface area contributed by atoms with Crippen LogP contribution in [0, 0.1) is 6.92 Å². The second-order valence-electron chi connectivity index (χ2n) is 5.39. The maximum Gasteiger partial charge on any atom is 0.0208 e. The lowest BCUT2D eigenvalue weighted by atomic mass is 10.1. The maximum absolute atomic E-state index is 3.60. The average Bonchev–Trinajstić information content (AvgIpc) is 2.47. The van der Waals surface area contributed by atoms with Gasteiger partial charge in [-0.25, -0.2) is 0 Å². The van der Waals surface area contributed by atoms with Crippen molar-refractivity contribution in [1.82, 2.24) is 5.32 Å². The summed E-state index contributed by atoms with van der Waals surface area (Å²) in [5.74, 6) is 0. The Hall–Kier alpha value is -1.12. The van der Waals surface area contributed by atoms with E-state index in [0.717, 1.165) is 13.0 Å². The zero-order valence-electron chi connectivity index (χ0n) is 12.2. The van der Waals surface area contributed by atoms with Crippen LogP contribution in [0.3, 0.4) is 0 Å². The van der Waals surface area contributed by atoms with Crippen LogP contribution in [-0.2, 0) is 13.0 Å². The zero-order valence-corrected chi connectivity index (χ0v) is 13.8. The molecule has 0 saturated heterocycles. The largest absolute Gasteiger partial charge is 0.310 e. The molecule has 0 heterocycles. The predicted molar refractivity (Wildman–Crippen MR) is 89.9 cm³/mol. The van der Waals surface area contributed by atoms with Crippen LogP contribution in [0.4, 0.5) is 0 Å². The summed E-state index contributed by atoms with van der Waals surface area (Å²) in [6.07, 6.45) is 2.30. The molecule has 0 fully saturated rings. The van der Waals surface area contributed by atoms with E-state index in [0.29, 0.717) is 6.04 Å². The third-order valence-corrected chi connectivity index (χ3v) is 4.48. The van der Waals surface area contributed by atoms with Gasteiger partial charge >= 0.3 is 0 Å². The van der Waals surface area contributed by atoms with Crippen LogP contribution >= 0.6 is 15.9 Å². The van der Waals surface area contributed by atoms with E-state index in [1.165, 1.54) is 27.6 Å². The molecule has 1 N–H and O–H groups in total. The highest BCUT2D eigenvalue weighted by molar-refractivity contribution is 9.10. The summed E-state index contributed by atoms with van der Waals surface area (Å²) in [7, 11) is 0. The molecule has 20 heavy (non-hydrogen) atoms. The van der Waals surface area contributed by atoms with E-state index >= 15 is 0 Å². The van der Waals surface area contributed by atoms with E-state index in [1.807, 2.05) is 0 Å². The van der Waals surface area contributed by atoms with Gasteiger partial charge in [0, 0.05) is 17.1 Å². The Kier molecular flexibility index (Phi) is 5.81. The smallest absolute Gasteiger partial charge is 0.0208 e. The van der Waals surface area contributed by atoms with Crippen LogP contribution in [0.5, 0.6) is 0 Å². The summed E-state index contributed by atoms with van der Waals surface area (Å²) in [6.45, 7) is 5.32. The molecule has 1 unspecified atom stereocenters. The van der Waals surface area contributed by atoms with Gasteiger partial charge in [0.2, 0.25) is 0 Å². The lowest BCUT2D eigenvalue weighted by Crippen LogP contribution is -2.26. The lowest BCUT2D eigenvalue weighted by molar-refractivity contribution is 0.514. The summed E-state index contributed by atoms with van der Waals surface area (Å²) in [6, 6.07) is 17.8. The molecule has 2 heteroatoms. The molecule has 2 rings (SSSR count). The number of nitrogens with one attached hydrogen (secondary N) is 1. The third kappa shape index (κ3) is 4.77. The highest BCUT2D eigenvalue weighted by Crippen LogP contribution is 2.17. The third-order valence-electron chi connectivity index (χ3n) is 3.59. The molecule has 0 aliphatic heterocycles. The molecule has 0 radical (unpaired) electrons. The van der Waals surface area contributed by atoms with Crippen LogP contribution < -0.4 is 5.32 Å². The predicted octanol–water partition coefficient (Wildman–Crippen LogP) is 4.87. The van der Waals surface area contributed by atoms with Crippen molar-refractivity contribution in [1.29, 1.82) is 0 Å². The normalized spacial score (nSPS) is 12.3. The van der Waals surface area contributed by atoms with Crippen LogP contribution in [0.1, 0.15) is 30.0 Å². The van der Waals surface area contributed by atoms with Crippen molar-refractivity contribution in [3.05, 3.63) is 69.7 Å². The minimum absolute atomic E-state index is 0.527. The summed E-state index contributed by atoms with van der Waals surface area (Å²) >= 11 is 3.54. The van der Waals surface area contributed by atoms with Gasteiger partial charge in [-0.2, -0.15) is 0 Å². The fraction of sp³-hybridized carbons (Fsp3) is 0.333. The molecule has 0 saturated carbocycles. The minimum atomic E-state index is 0.527. The zero-order chi connectivity index (χ0) is 14.4. The number of aryl methyl sites for hydroxylation is 2. The molecule has 106 valence electrons. The lowest BCUT2D eigenvalue weighted by Gasteiger charge is -2.14. The van der Waals surface area contributed by atoms with Gasteiger partial charge in [-0.3, -0.25) is 0 Å². The first-order chi connectivity index (χ1) is 9.65. The molecule has 1 nitrogen and oxygen atoms in total. The summed E-state index contributed by atoms with van der Waals surface area (Å²) in [5, 5.41) is 3.60. The molecular formula is C18H22BrN. The molecular weight excluding hydrogens is 310 g/mol. The SMILES string of the molecule is Cc1cc(CNC(C)CCc2ccccc2)ccc1Br. The second-order valence-corrected chi connectivity index (χ2v) is 6.24. The average molecular weight is 332 g/mol. The monoisotopic (exact) mass is 331 g/mol. The first kappa shape index (κ1) is 15.3. The standard InChI is InChI=1S/C18H22BrN/c1-14-12-17(10-11-18(14)19)13-20-15(2)8-9-16-6-4-3-5-7-16/h3-7,10-12,15,20H,8-9,13H2,1-2H3. The van der Waals surface area contributed by atoms with Gasteiger partial charge in [-0.15, -0.1) is 0 Å². The highest BCUT2D eigenvalue weighted by Gasteiger charge is 2.03. The van der Waals surface area contributed by atoms with E-state index in [9.17, 15) is 0 Å². The van der Waals surface area contributed by atoms with Gasteiger partial charge < -0.3 is 5.32 Å². The van der Waals surface area contributed by atoms with E-state index < -0.39 is 0 Å². The van der Waals surface area contributed by atoms with Gasteiger partial charge in [0.1, 0.15) is 0 Å². The Morgan fingerprint density at radius 3 is 2.50 bits per heavy atom. The summed E-state index contributed by atoms with van der Waals surface area (Å²) < 4.78 is 1.18. The Morgan fingerprint density at radius 2 is 1.80 bits per heavy atom. The number of halogens is 1. The number of rotatable bonds is 6. The number of hydrogen-bond donors (Lipinski definition) is 1. The molecule has 0 bridgehead atoms. The Labute approximate surface area is 130 Å². The highest BCUT2D eigenvalue weighted by atomic mass is 79.9. The first-order valence-corrected chi connectivity index (χ1v) is 7.97. The van der Waals surface area contributed by atoms with E-state index in [1.54, 1.807) is 0 Å². The van der Waals surface area contributed by atoms with Gasteiger partial charge in [0.25, 0.3) is 0 Å². The summed E-state index contributed by atoms with van der Waals surface area (Å²) in [5.41, 5.74) is 4.05. The Morgan fingerprint density at radius 1 is 1.05 bits per heavy atom. The molecule has 2 aromatic rings. The van der Waals surface area contributed by atoms with E-state index in [-0.39, 0.29) is 0 Å². The van der Waals surface area contributed by atoms with Gasteiger partial charge in [-0.05, 0) is 49.4 Å². The molecule has 2 aromatic carbocycles. The maximum atomic E-state index is 3.60. The van der Waals surface area contributed by atoms with Crippen molar-refractivity contribution >= 4 is 15.9 Å². The van der Waals surface area contributed by atoms with Crippen molar-refractivity contribution in [2.75, 3.05) is 0 Å². The van der Waals surface area contributed by atoms with Crippen molar-refractivity contribution < 1.29 is 0 Å². The van der Waals surface area contributed by atoms with Gasteiger partial charge in [-0.1, -0.05) is 58.4 Å². The van der Waals surface area contributed by atoms with Gasteiger partial charge in [0.15, 0.2) is 0 Å². The van der Waals surface area contributed by atoms with E-state index in [2.05, 4.69) is 83.6 Å². The quantitative estimate of drug-likeness (QED) is 0.796. The van der Waals surface area contributed by atoms with Crippen LogP contribution in [0.2, 0.25) is 0 Å². The van der Waals surface area contributed by atoms with Crippen LogP contribution in [0.25, 0.3) is 0 Å². The summed E-state index contributed by atoms with van der Waals surface area (Å²) in [4.78, 5) is 0. The molecule has 0 amide bonds. The number of hydrogen-bond acceptors (Lipinski definition) is 1. The van der Waals surface area contributed by atoms with Gasteiger partial charge in [0.05, 0.1) is 0 Å². The van der Waals surface area contributed by atoms with Crippen LogP contribution in [0.15, 0.2) is 53.0 Å². The minimum Gasteiger partial charge on any atom is -0.310 e. The number of benzene rings is 2. The van der Waals surface area contributed by atoms with E-state index in [4.69, 9.17) is 0 Å². The molecule has 1 atom stereocenters. The fourth-order valence-electron chi connectivity index (χ4n) is 2.24. The van der Waals surface area contributed by atoms with Crippen molar-refractivity contribution in [2.24, 2.45) is 0 Å². The van der Waals surface area contributed by atoms with Crippen molar-refractivity contribution in [3.8, 4) is 0 Å². The molecule has 0 aromatic heterocycles. The fourth-order valence-corrected chi connectivity index (χ4v) is 2.49. The Balaban J connectivity index is 1.77. The Bertz CT molecular complexity index is 536. The second kappa shape index (κ2) is 7.61. The van der Waals surface area contributed by atoms with Crippen molar-refractivity contribution in [2.45, 2.75) is 39.3 Å². The molecule has 0 aliphatic carbocycles. The van der Waals surface area contributed by atoms with Crippen molar-refractivity contribution in [3.63, 3.8) is 0 Å². The first-order valence-electron chi connectivity index (χ1n) is 7.17. The molecule has 0 spiro atoms. The van der Waals surface area contributed by atoms with Crippen LogP contribution in [-0.4, -0.2) is 6.04 Å².